The van der Waals surface area contributed by atoms with Crippen LogP contribution in [0.3, 0.4) is 0 Å². The highest BCUT2D eigenvalue weighted by molar-refractivity contribution is 7.99. The second-order valence-corrected chi connectivity index (χ2v) is 9.58. The summed E-state index contributed by atoms with van der Waals surface area (Å²) in [6.07, 6.45) is 4.25. The molecule has 0 bridgehead atoms. The molecule has 2 saturated heterocycles. The Bertz CT molecular complexity index is 692. The van der Waals surface area contributed by atoms with Crippen molar-refractivity contribution in [3.63, 3.8) is 0 Å². The predicted octanol–water partition coefficient (Wildman–Crippen LogP) is 2.22. The van der Waals surface area contributed by atoms with E-state index in [0.29, 0.717) is 12.1 Å². The fraction of sp³-hybridized carbons (Fsp3) is 0.588. The Morgan fingerprint density at radius 3 is 2.83 bits per heavy atom. The smallest absolute Gasteiger partial charge is 0.254 e. The Hall–Kier alpha value is -1.05. The lowest BCUT2D eigenvalue weighted by molar-refractivity contribution is 0.0441. The molecule has 2 atom stereocenters. The van der Waals surface area contributed by atoms with Crippen LogP contribution >= 0.6 is 11.8 Å². The van der Waals surface area contributed by atoms with Gasteiger partial charge in [-0.05, 0) is 43.2 Å². The third-order valence-corrected chi connectivity index (χ3v) is 6.80. The minimum atomic E-state index is -3.33. The number of ether oxygens (including phenoxy) is 1. The van der Waals surface area contributed by atoms with Gasteiger partial charge < -0.3 is 9.64 Å². The van der Waals surface area contributed by atoms with Crippen LogP contribution in [0.1, 0.15) is 29.6 Å². The molecule has 1 amide bonds. The second-order valence-electron chi connectivity index (χ2n) is 6.41. The third-order valence-electron chi connectivity index (χ3n) is 4.54. The molecule has 0 radical (unpaired) electrons. The van der Waals surface area contributed by atoms with Gasteiger partial charge in [-0.25, -0.2) is 8.42 Å². The number of nitrogens with zero attached hydrogens (tertiary/aromatic N) is 1. The molecule has 0 N–H and O–H groups in total. The average Bonchev–Trinajstić information content (AvgIpc) is 3.24. The average molecular weight is 370 g/mol. The summed E-state index contributed by atoms with van der Waals surface area (Å²) >= 11 is 1.86. The topological polar surface area (TPSA) is 63.7 Å². The zero-order chi connectivity index (χ0) is 17.2. The highest BCUT2D eigenvalue weighted by Crippen LogP contribution is 2.26. The first kappa shape index (κ1) is 17.8. The molecular weight excluding hydrogens is 346 g/mol. The lowest BCUT2D eigenvalue weighted by Crippen LogP contribution is -2.44. The predicted molar refractivity (Wildman–Crippen MR) is 95.3 cm³/mol. The van der Waals surface area contributed by atoms with Crippen LogP contribution in [0.15, 0.2) is 29.2 Å². The zero-order valence-corrected chi connectivity index (χ0v) is 15.4. The van der Waals surface area contributed by atoms with Crippen molar-refractivity contribution in [1.29, 1.82) is 0 Å². The molecule has 0 unspecified atom stereocenters. The Morgan fingerprint density at radius 2 is 2.21 bits per heavy atom. The molecule has 0 aliphatic carbocycles. The summed E-state index contributed by atoms with van der Waals surface area (Å²) < 4.78 is 29.2. The molecule has 1 aromatic carbocycles. The highest BCUT2D eigenvalue weighted by atomic mass is 32.2. The molecule has 24 heavy (non-hydrogen) atoms. The minimum absolute atomic E-state index is 0.0940. The fourth-order valence-electron chi connectivity index (χ4n) is 3.20. The number of rotatable bonds is 5. The number of benzene rings is 1. The Kier molecular flexibility index (Phi) is 5.52. The lowest BCUT2D eigenvalue weighted by Gasteiger charge is -2.31. The van der Waals surface area contributed by atoms with E-state index in [9.17, 15) is 13.2 Å². The van der Waals surface area contributed by atoms with Crippen LogP contribution in [0.2, 0.25) is 0 Å². The number of carbonyl (C=O) groups excluding carboxylic acids is 1. The summed E-state index contributed by atoms with van der Waals surface area (Å²) in [7, 11) is -3.33. The standard InChI is InChI=1S/C17H23NO4S2/c1-24(20,21)16-6-2-4-13(10-16)17(19)18(14-7-9-23-12-14)11-15-5-3-8-22-15/h2,4,6,10,14-15H,3,5,7-9,11-12H2,1H3/t14-,15-/m0/s1. The number of thioether (sulfide) groups is 1. The van der Waals surface area contributed by atoms with E-state index < -0.39 is 9.84 Å². The van der Waals surface area contributed by atoms with Crippen LogP contribution in [0.4, 0.5) is 0 Å². The van der Waals surface area contributed by atoms with Gasteiger partial charge >= 0.3 is 0 Å². The molecule has 132 valence electrons. The summed E-state index contributed by atoms with van der Waals surface area (Å²) in [6, 6.07) is 6.55. The largest absolute Gasteiger partial charge is 0.376 e. The van der Waals surface area contributed by atoms with Gasteiger partial charge in [-0.3, -0.25) is 4.79 Å². The van der Waals surface area contributed by atoms with Crippen molar-refractivity contribution >= 4 is 27.5 Å². The maximum atomic E-state index is 13.1. The van der Waals surface area contributed by atoms with Gasteiger partial charge in [-0.2, -0.15) is 11.8 Å². The van der Waals surface area contributed by atoms with Gasteiger partial charge in [-0.15, -0.1) is 0 Å². The van der Waals surface area contributed by atoms with Crippen LogP contribution in [-0.4, -0.2) is 62.3 Å². The van der Waals surface area contributed by atoms with E-state index in [1.807, 2.05) is 16.7 Å². The first-order chi connectivity index (χ1) is 11.4. The quantitative estimate of drug-likeness (QED) is 0.796. The van der Waals surface area contributed by atoms with Crippen LogP contribution in [-0.2, 0) is 14.6 Å². The summed E-state index contributed by atoms with van der Waals surface area (Å²) in [5.74, 6) is 1.90. The summed E-state index contributed by atoms with van der Waals surface area (Å²) in [6.45, 7) is 1.35. The maximum absolute atomic E-state index is 13.1. The van der Waals surface area contributed by atoms with Gasteiger partial charge in [0.15, 0.2) is 9.84 Å². The molecule has 3 rings (SSSR count). The molecule has 2 heterocycles. The first-order valence-corrected chi connectivity index (χ1v) is 11.3. The molecular formula is C17H23NO4S2. The molecule has 2 fully saturated rings. The molecule has 1 aromatic rings. The van der Waals surface area contributed by atoms with Crippen molar-refractivity contribution in [3.05, 3.63) is 29.8 Å². The second kappa shape index (κ2) is 7.45. The van der Waals surface area contributed by atoms with Gasteiger partial charge in [0.05, 0.1) is 11.0 Å². The van der Waals surface area contributed by atoms with Crippen molar-refractivity contribution < 1.29 is 17.9 Å². The monoisotopic (exact) mass is 369 g/mol. The third kappa shape index (κ3) is 4.13. The van der Waals surface area contributed by atoms with Gasteiger partial charge in [0.1, 0.15) is 0 Å². The molecule has 0 spiro atoms. The zero-order valence-electron chi connectivity index (χ0n) is 13.8. The molecule has 5 nitrogen and oxygen atoms in total. The van der Waals surface area contributed by atoms with Gasteiger partial charge in [0, 0.05) is 36.8 Å². The van der Waals surface area contributed by atoms with E-state index in [1.165, 1.54) is 12.1 Å². The number of sulfone groups is 1. The van der Waals surface area contributed by atoms with Gasteiger partial charge in [-0.1, -0.05) is 6.07 Å². The molecule has 2 aliphatic rings. The molecule has 0 aromatic heterocycles. The normalized spacial score (nSPS) is 24.2. The van der Waals surface area contributed by atoms with E-state index in [0.717, 1.165) is 43.6 Å². The van der Waals surface area contributed by atoms with Crippen molar-refractivity contribution in [2.45, 2.75) is 36.3 Å². The fourth-order valence-corrected chi connectivity index (χ4v) is 5.09. The SMILES string of the molecule is CS(=O)(=O)c1cccc(C(=O)N(C[C@@H]2CCCO2)[C@H]2CCSC2)c1. The number of hydrogen-bond acceptors (Lipinski definition) is 5. The van der Waals surface area contributed by atoms with Gasteiger partial charge in [0.2, 0.25) is 0 Å². The Morgan fingerprint density at radius 1 is 1.38 bits per heavy atom. The van der Waals surface area contributed by atoms with Crippen molar-refractivity contribution in [3.8, 4) is 0 Å². The van der Waals surface area contributed by atoms with E-state index >= 15 is 0 Å². The van der Waals surface area contributed by atoms with E-state index in [1.54, 1.807) is 12.1 Å². The molecule has 2 aliphatic heterocycles. The molecule has 0 saturated carbocycles. The van der Waals surface area contributed by atoms with Gasteiger partial charge in [0.25, 0.3) is 5.91 Å². The maximum Gasteiger partial charge on any atom is 0.254 e. The Labute approximate surface area is 147 Å². The first-order valence-electron chi connectivity index (χ1n) is 8.25. The number of amides is 1. The van der Waals surface area contributed by atoms with E-state index in [4.69, 9.17) is 4.74 Å². The van der Waals surface area contributed by atoms with Crippen LogP contribution in [0.25, 0.3) is 0 Å². The van der Waals surface area contributed by atoms with Crippen molar-refractivity contribution in [2.75, 3.05) is 30.9 Å². The summed E-state index contributed by atoms with van der Waals surface area (Å²) in [5.41, 5.74) is 0.438. The van der Waals surface area contributed by atoms with E-state index in [-0.39, 0.29) is 22.9 Å². The van der Waals surface area contributed by atoms with E-state index in [2.05, 4.69) is 0 Å². The van der Waals surface area contributed by atoms with Crippen molar-refractivity contribution in [2.24, 2.45) is 0 Å². The van der Waals surface area contributed by atoms with Crippen LogP contribution in [0, 0.1) is 0 Å². The summed E-state index contributed by atoms with van der Waals surface area (Å²) in [4.78, 5) is 15.2. The minimum Gasteiger partial charge on any atom is -0.376 e. The van der Waals surface area contributed by atoms with Crippen molar-refractivity contribution in [1.82, 2.24) is 4.90 Å². The molecule has 7 heteroatoms. The highest BCUT2D eigenvalue weighted by Gasteiger charge is 2.31. The summed E-state index contributed by atoms with van der Waals surface area (Å²) in [5, 5.41) is 0. The Balaban J connectivity index is 1.84. The number of carbonyl (C=O) groups is 1. The van der Waals surface area contributed by atoms with Crippen LogP contribution in [0.5, 0.6) is 0 Å². The lowest BCUT2D eigenvalue weighted by atomic mass is 10.1. The number of hydrogen-bond donors (Lipinski definition) is 0. The van der Waals surface area contributed by atoms with Crippen LogP contribution < -0.4 is 0 Å².